The Balaban J connectivity index is 1.31. The van der Waals surface area contributed by atoms with Gasteiger partial charge in [-0.2, -0.15) is 4.31 Å². The van der Waals surface area contributed by atoms with Crippen molar-refractivity contribution in [2.24, 2.45) is 0 Å². The molecular formula is C23H24N2O5S. The molecule has 1 N–H and O–H groups in total. The van der Waals surface area contributed by atoms with Crippen LogP contribution in [0.1, 0.15) is 5.56 Å². The van der Waals surface area contributed by atoms with Crippen LogP contribution in [-0.4, -0.2) is 51.5 Å². The number of hydrogen-bond donors (Lipinski definition) is 1. The Kier molecular flexibility index (Phi) is 6.50. The maximum Gasteiger partial charge on any atom is 0.258 e. The molecular weight excluding hydrogens is 416 g/mol. The van der Waals surface area contributed by atoms with Gasteiger partial charge >= 0.3 is 0 Å². The highest BCUT2D eigenvalue weighted by Crippen LogP contribution is 2.21. The highest BCUT2D eigenvalue weighted by molar-refractivity contribution is 7.89. The predicted molar refractivity (Wildman–Crippen MR) is 117 cm³/mol. The molecule has 0 spiro atoms. The molecule has 0 radical (unpaired) electrons. The van der Waals surface area contributed by atoms with Crippen molar-refractivity contribution in [3.63, 3.8) is 0 Å². The summed E-state index contributed by atoms with van der Waals surface area (Å²) in [6.07, 6.45) is 0. The molecule has 31 heavy (non-hydrogen) atoms. The van der Waals surface area contributed by atoms with Crippen LogP contribution in [0.4, 0.5) is 0 Å². The van der Waals surface area contributed by atoms with E-state index in [-0.39, 0.29) is 17.4 Å². The van der Waals surface area contributed by atoms with E-state index in [4.69, 9.17) is 9.47 Å². The summed E-state index contributed by atoms with van der Waals surface area (Å²) in [7, 11) is -3.55. The van der Waals surface area contributed by atoms with Gasteiger partial charge in [0.1, 0.15) is 5.75 Å². The zero-order chi connectivity index (χ0) is 21.7. The number of carbonyl (C=O) groups excluding carboxylic acids is 1. The molecule has 1 saturated heterocycles. The molecule has 1 amide bonds. The largest absolute Gasteiger partial charge is 0.484 e. The van der Waals surface area contributed by atoms with Crippen molar-refractivity contribution in [1.29, 1.82) is 0 Å². The molecule has 4 rings (SSSR count). The van der Waals surface area contributed by atoms with Crippen molar-refractivity contribution in [2.75, 3.05) is 32.9 Å². The quantitative estimate of drug-likeness (QED) is 0.610. The van der Waals surface area contributed by atoms with Gasteiger partial charge in [0.15, 0.2) is 6.61 Å². The van der Waals surface area contributed by atoms with E-state index in [1.807, 2.05) is 42.5 Å². The zero-order valence-corrected chi connectivity index (χ0v) is 17.8. The standard InChI is InChI=1S/C23H24N2O5S/c26-23(24-16-19-6-3-5-18-4-1-2-7-22(18)19)17-30-20-8-10-21(11-9-20)31(27,28)25-12-14-29-15-13-25/h1-11H,12-17H2,(H,24,26). The minimum Gasteiger partial charge on any atom is -0.484 e. The monoisotopic (exact) mass is 440 g/mol. The Morgan fingerprint density at radius 3 is 2.45 bits per heavy atom. The van der Waals surface area contributed by atoms with Gasteiger partial charge in [0.25, 0.3) is 5.91 Å². The van der Waals surface area contributed by atoms with Gasteiger partial charge in [-0.1, -0.05) is 42.5 Å². The maximum absolute atomic E-state index is 12.6. The third-order valence-electron chi connectivity index (χ3n) is 5.16. The summed E-state index contributed by atoms with van der Waals surface area (Å²) in [6, 6.07) is 20.1. The lowest BCUT2D eigenvalue weighted by Gasteiger charge is -2.26. The summed E-state index contributed by atoms with van der Waals surface area (Å²) in [4.78, 5) is 12.4. The minimum atomic E-state index is -3.55. The minimum absolute atomic E-state index is 0.152. The molecule has 1 aliphatic heterocycles. The lowest BCUT2D eigenvalue weighted by molar-refractivity contribution is -0.123. The molecule has 162 valence electrons. The van der Waals surface area contributed by atoms with Crippen molar-refractivity contribution in [3.8, 4) is 5.75 Å². The van der Waals surface area contributed by atoms with Crippen LogP contribution >= 0.6 is 0 Å². The molecule has 1 aliphatic rings. The summed E-state index contributed by atoms with van der Waals surface area (Å²) >= 11 is 0. The van der Waals surface area contributed by atoms with Crippen LogP contribution in [0.5, 0.6) is 5.75 Å². The first kappa shape index (κ1) is 21.3. The SMILES string of the molecule is O=C(COc1ccc(S(=O)(=O)N2CCOCC2)cc1)NCc1cccc2ccccc12. The van der Waals surface area contributed by atoms with E-state index in [0.717, 1.165) is 16.3 Å². The average Bonchev–Trinajstić information content (AvgIpc) is 2.82. The number of benzene rings is 3. The fourth-order valence-electron chi connectivity index (χ4n) is 3.48. The Hall–Kier alpha value is -2.94. The maximum atomic E-state index is 12.6. The average molecular weight is 441 g/mol. The number of hydrogen-bond acceptors (Lipinski definition) is 5. The second-order valence-electron chi connectivity index (χ2n) is 7.19. The molecule has 1 heterocycles. The number of amides is 1. The number of rotatable bonds is 7. The first-order valence-corrected chi connectivity index (χ1v) is 11.5. The highest BCUT2D eigenvalue weighted by atomic mass is 32.2. The van der Waals surface area contributed by atoms with Gasteiger partial charge in [-0.25, -0.2) is 8.42 Å². The summed E-state index contributed by atoms with van der Waals surface area (Å²) in [5.41, 5.74) is 1.03. The topological polar surface area (TPSA) is 84.9 Å². The molecule has 0 unspecified atom stereocenters. The van der Waals surface area contributed by atoms with Gasteiger partial charge in [-0.3, -0.25) is 4.79 Å². The molecule has 0 bridgehead atoms. The predicted octanol–water partition coefficient (Wildman–Crippen LogP) is 2.56. The molecule has 0 saturated carbocycles. The van der Waals surface area contributed by atoms with Crippen molar-refractivity contribution in [3.05, 3.63) is 72.3 Å². The molecule has 0 atom stereocenters. The van der Waals surface area contributed by atoms with E-state index in [0.29, 0.717) is 38.6 Å². The Morgan fingerprint density at radius 1 is 0.968 bits per heavy atom. The number of sulfonamides is 1. The number of nitrogens with one attached hydrogen (secondary N) is 1. The van der Waals surface area contributed by atoms with E-state index in [9.17, 15) is 13.2 Å². The number of morpholine rings is 1. The Labute approximate surface area is 181 Å². The van der Waals surface area contributed by atoms with E-state index in [1.165, 1.54) is 16.4 Å². The first-order chi connectivity index (χ1) is 15.0. The fourth-order valence-corrected chi connectivity index (χ4v) is 4.89. The van der Waals surface area contributed by atoms with Crippen molar-refractivity contribution >= 4 is 26.7 Å². The van der Waals surface area contributed by atoms with Gasteiger partial charge in [-0.05, 0) is 40.6 Å². The summed E-state index contributed by atoms with van der Waals surface area (Å²) in [6.45, 7) is 1.73. The number of nitrogens with zero attached hydrogens (tertiary/aromatic N) is 1. The van der Waals surface area contributed by atoms with E-state index in [2.05, 4.69) is 5.32 Å². The number of fused-ring (bicyclic) bond motifs is 1. The van der Waals surface area contributed by atoms with Gasteiger partial charge in [0.05, 0.1) is 18.1 Å². The first-order valence-electron chi connectivity index (χ1n) is 10.1. The highest BCUT2D eigenvalue weighted by Gasteiger charge is 2.26. The third-order valence-corrected chi connectivity index (χ3v) is 7.07. The molecule has 1 fully saturated rings. The molecule has 3 aromatic rings. The van der Waals surface area contributed by atoms with Crippen LogP contribution in [0, 0.1) is 0 Å². The second kappa shape index (κ2) is 9.47. The van der Waals surface area contributed by atoms with Crippen LogP contribution in [0.25, 0.3) is 10.8 Å². The fraction of sp³-hybridized carbons (Fsp3) is 0.261. The lowest BCUT2D eigenvalue weighted by Crippen LogP contribution is -2.40. The van der Waals surface area contributed by atoms with E-state index in [1.54, 1.807) is 12.1 Å². The van der Waals surface area contributed by atoms with Crippen LogP contribution < -0.4 is 10.1 Å². The smallest absolute Gasteiger partial charge is 0.258 e. The number of ether oxygens (including phenoxy) is 2. The van der Waals surface area contributed by atoms with Crippen molar-refractivity contribution in [2.45, 2.75) is 11.4 Å². The van der Waals surface area contributed by atoms with Crippen LogP contribution in [-0.2, 0) is 26.1 Å². The second-order valence-corrected chi connectivity index (χ2v) is 9.13. The van der Waals surface area contributed by atoms with Crippen LogP contribution in [0.3, 0.4) is 0 Å². The van der Waals surface area contributed by atoms with Crippen LogP contribution in [0.15, 0.2) is 71.6 Å². The summed E-state index contributed by atoms with van der Waals surface area (Å²) in [5.74, 6) is 0.180. The molecule has 0 aromatic heterocycles. The third kappa shape index (κ3) is 5.04. The van der Waals surface area contributed by atoms with Crippen LogP contribution in [0.2, 0.25) is 0 Å². The van der Waals surface area contributed by atoms with Gasteiger partial charge in [0.2, 0.25) is 10.0 Å². The van der Waals surface area contributed by atoms with Crippen molar-refractivity contribution < 1.29 is 22.7 Å². The number of carbonyl (C=O) groups is 1. The van der Waals surface area contributed by atoms with E-state index >= 15 is 0 Å². The lowest BCUT2D eigenvalue weighted by atomic mass is 10.0. The molecule has 0 aliphatic carbocycles. The van der Waals surface area contributed by atoms with Crippen molar-refractivity contribution in [1.82, 2.24) is 9.62 Å². The molecule has 3 aromatic carbocycles. The van der Waals surface area contributed by atoms with E-state index < -0.39 is 10.0 Å². The zero-order valence-electron chi connectivity index (χ0n) is 17.0. The molecule has 8 heteroatoms. The van der Waals surface area contributed by atoms with Gasteiger partial charge in [-0.15, -0.1) is 0 Å². The summed E-state index contributed by atoms with van der Waals surface area (Å²) < 4.78 is 37.4. The van der Waals surface area contributed by atoms with Gasteiger partial charge < -0.3 is 14.8 Å². The Morgan fingerprint density at radius 2 is 1.68 bits per heavy atom. The Bertz CT molecular complexity index is 1150. The molecule has 7 nitrogen and oxygen atoms in total. The summed E-state index contributed by atoms with van der Waals surface area (Å²) in [5, 5.41) is 5.08. The normalized spacial score (nSPS) is 15.0. The van der Waals surface area contributed by atoms with Gasteiger partial charge in [0, 0.05) is 19.6 Å².